The first kappa shape index (κ1) is 25.0. The molecule has 1 saturated carbocycles. The number of nitriles is 1. The number of pyridine rings is 2. The van der Waals surface area contributed by atoms with Crippen LogP contribution in [0.2, 0.25) is 5.15 Å². The number of amides is 2. The number of aromatic nitrogens is 5. The Morgan fingerprint density at radius 1 is 1.28 bits per heavy atom. The Balaban J connectivity index is 1.40. The van der Waals surface area contributed by atoms with E-state index in [2.05, 4.69) is 37.0 Å². The molecule has 13 heteroatoms. The topological polar surface area (TPSA) is 157 Å². The van der Waals surface area contributed by atoms with Gasteiger partial charge in [-0.25, -0.2) is 14.5 Å². The number of methoxy groups -OCH3 is 1. The molecule has 3 aromatic rings. The minimum absolute atomic E-state index is 0.208. The second kappa shape index (κ2) is 10.3. The maximum Gasteiger partial charge on any atom is 0.413 e. The summed E-state index contributed by atoms with van der Waals surface area (Å²) < 4.78 is 12.0. The highest BCUT2D eigenvalue weighted by molar-refractivity contribution is 6.30. The lowest BCUT2D eigenvalue weighted by atomic mass is 9.71. The highest BCUT2D eigenvalue weighted by Gasteiger charge is 2.48. The molecule has 1 aliphatic rings. The van der Waals surface area contributed by atoms with Crippen molar-refractivity contribution in [2.45, 2.75) is 31.5 Å². The number of halogens is 1. The van der Waals surface area contributed by atoms with Crippen molar-refractivity contribution in [2.24, 2.45) is 13.0 Å². The van der Waals surface area contributed by atoms with Gasteiger partial charge in [0, 0.05) is 44.7 Å². The predicted molar refractivity (Wildman–Crippen MR) is 129 cm³/mol. The summed E-state index contributed by atoms with van der Waals surface area (Å²) in [6, 6.07) is 8.83. The first-order valence-electron chi connectivity index (χ1n) is 11.0. The summed E-state index contributed by atoms with van der Waals surface area (Å²) >= 11 is 6.07. The molecule has 2 amide bonds. The summed E-state index contributed by atoms with van der Waals surface area (Å²) in [6.45, 7) is 1.68. The summed E-state index contributed by atoms with van der Waals surface area (Å²) in [5.74, 6) is -0.245. The fraction of sp³-hybridized carbons (Fsp3) is 0.348. The number of hydrogen-bond donors (Lipinski definition) is 2. The number of nitrogens with one attached hydrogen (secondary N) is 2. The van der Waals surface area contributed by atoms with Crippen molar-refractivity contribution >= 4 is 35.1 Å². The van der Waals surface area contributed by atoms with Crippen molar-refractivity contribution in [1.82, 2.24) is 25.0 Å². The first-order chi connectivity index (χ1) is 17.2. The molecule has 1 aliphatic carbocycles. The minimum Gasteiger partial charge on any atom is -0.441 e. The van der Waals surface area contributed by atoms with Crippen LogP contribution in [0, 0.1) is 17.2 Å². The lowest BCUT2D eigenvalue weighted by Gasteiger charge is -2.40. The molecule has 3 aromatic heterocycles. The second-order valence-electron chi connectivity index (χ2n) is 8.30. The zero-order valence-electron chi connectivity index (χ0n) is 19.7. The standard InChI is InChI=1S/C23H23ClN8O4/c1-13(16-5-4-8-26-19(16)24)36-22(34)29-20-18(30-31-32(20)2)17-7-6-15(11-27-17)28-21(33)14-9-23(10-14,12-25)35-3/h4-8,11,13-14H,9-10H2,1-3H3,(H,28,33)(H,29,34)/t13-,14-,23-/m1/s1. The number of nitrogens with zero attached hydrogens (tertiary/aromatic N) is 6. The van der Waals surface area contributed by atoms with E-state index in [-0.39, 0.29) is 22.8 Å². The number of aryl methyl sites for hydroxylation is 1. The highest BCUT2D eigenvalue weighted by atomic mass is 35.5. The van der Waals surface area contributed by atoms with Crippen LogP contribution in [0.15, 0.2) is 36.7 Å². The number of anilines is 2. The van der Waals surface area contributed by atoms with Crippen molar-refractivity contribution in [1.29, 1.82) is 5.26 Å². The molecular formula is C23H23ClN8O4. The number of carbonyl (C=O) groups is 2. The Labute approximate surface area is 211 Å². The van der Waals surface area contributed by atoms with Gasteiger partial charge in [0.2, 0.25) is 5.91 Å². The van der Waals surface area contributed by atoms with Crippen LogP contribution in [0.4, 0.5) is 16.3 Å². The number of rotatable bonds is 7. The molecule has 2 N–H and O–H groups in total. The molecule has 1 atom stereocenters. The van der Waals surface area contributed by atoms with Crippen LogP contribution in [0.1, 0.15) is 31.4 Å². The van der Waals surface area contributed by atoms with Crippen LogP contribution in [0.3, 0.4) is 0 Å². The smallest absolute Gasteiger partial charge is 0.413 e. The lowest BCUT2D eigenvalue weighted by molar-refractivity contribution is -0.132. The van der Waals surface area contributed by atoms with Crippen LogP contribution in [0.5, 0.6) is 0 Å². The van der Waals surface area contributed by atoms with Gasteiger partial charge in [-0.3, -0.25) is 15.1 Å². The van der Waals surface area contributed by atoms with Crippen LogP contribution >= 0.6 is 11.6 Å². The molecule has 0 bridgehead atoms. The highest BCUT2D eigenvalue weighted by Crippen LogP contribution is 2.40. The summed E-state index contributed by atoms with van der Waals surface area (Å²) in [5, 5.41) is 22.9. The average molecular weight is 511 g/mol. The fourth-order valence-electron chi connectivity index (χ4n) is 3.80. The lowest BCUT2D eigenvalue weighted by Crippen LogP contribution is -2.48. The van der Waals surface area contributed by atoms with E-state index < -0.39 is 17.8 Å². The molecule has 3 heterocycles. The Kier molecular flexibility index (Phi) is 7.14. The van der Waals surface area contributed by atoms with Gasteiger partial charge in [0.05, 0.1) is 23.6 Å². The zero-order valence-corrected chi connectivity index (χ0v) is 20.5. The molecule has 0 aromatic carbocycles. The summed E-state index contributed by atoms with van der Waals surface area (Å²) in [7, 11) is 3.08. The third-order valence-electron chi connectivity index (χ3n) is 5.95. The molecule has 1 fully saturated rings. The molecule has 0 aliphatic heterocycles. The van der Waals surface area contributed by atoms with Crippen molar-refractivity contribution in [3.05, 3.63) is 47.4 Å². The van der Waals surface area contributed by atoms with Crippen molar-refractivity contribution < 1.29 is 19.1 Å². The Morgan fingerprint density at radius 3 is 2.69 bits per heavy atom. The quantitative estimate of drug-likeness (QED) is 0.454. The van der Waals surface area contributed by atoms with Crippen LogP contribution in [0.25, 0.3) is 11.4 Å². The number of ether oxygens (including phenoxy) is 2. The predicted octanol–water partition coefficient (Wildman–Crippen LogP) is 3.49. The SMILES string of the molecule is CO[C@]1(C#N)C[C@@H](C(=O)Nc2ccc(-c3nnn(C)c3NC(=O)O[C@H](C)c3cccnc3Cl)nc2)C1. The molecule has 0 radical (unpaired) electrons. The third-order valence-corrected chi connectivity index (χ3v) is 6.26. The van der Waals surface area contributed by atoms with Gasteiger partial charge in [0.15, 0.2) is 17.1 Å². The molecule has 0 spiro atoms. The average Bonchev–Trinajstić information content (AvgIpc) is 3.19. The molecule has 12 nitrogen and oxygen atoms in total. The third kappa shape index (κ3) is 5.12. The van der Waals surface area contributed by atoms with E-state index in [1.165, 1.54) is 18.0 Å². The molecular weight excluding hydrogens is 488 g/mol. The van der Waals surface area contributed by atoms with Crippen LogP contribution in [-0.2, 0) is 21.3 Å². The fourth-order valence-corrected chi connectivity index (χ4v) is 4.07. The molecule has 0 unspecified atom stereocenters. The molecule has 0 saturated heterocycles. The van der Waals surface area contributed by atoms with Gasteiger partial charge in [0.1, 0.15) is 11.3 Å². The van der Waals surface area contributed by atoms with Gasteiger partial charge in [-0.2, -0.15) is 5.26 Å². The Hall–Kier alpha value is -4.08. The van der Waals surface area contributed by atoms with E-state index in [1.807, 2.05) is 0 Å². The van der Waals surface area contributed by atoms with Gasteiger partial charge in [-0.1, -0.05) is 22.9 Å². The first-order valence-corrected chi connectivity index (χ1v) is 11.3. The zero-order chi connectivity index (χ0) is 25.9. The van der Waals surface area contributed by atoms with E-state index >= 15 is 0 Å². The maximum atomic E-state index is 12.5. The number of carbonyl (C=O) groups excluding carboxylic acids is 2. The molecule has 36 heavy (non-hydrogen) atoms. The maximum absolute atomic E-state index is 12.5. The largest absolute Gasteiger partial charge is 0.441 e. The summed E-state index contributed by atoms with van der Waals surface area (Å²) in [4.78, 5) is 33.3. The minimum atomic E-state index is -0.886. The van der Waals surface area contributed by atoms with E-state index in [4.69, 9.17) is 21.1 Å². The molecule has 4 rings (SSSR count). The van der Waals surface area contributed by atoms with E-state index in [9.17, 15) is 14.9 Å². The van der Waals surface area contributed by atoms with Gasteiger partial charge in [0.25, 0.3) is 0 Å². The summed E-state index contributed by atoms with van der Waals surface area (Å²) in [5.41, 5.74) is 0.904. The van der Waals surface area contributed by atoms with Gasteiger partial charge >= 0.3 is 6.09 Å². The Morgan fingerprint density at radius 2 is 2.06 bits per heavy atom. The van der Waals surface area contributed by atoms with E-state index in [1.54, 1.807) is 44.4 Å². The van der Waals surface area contributed by atoms with Crippen LogP contribution in [-0.4, -0.2) is 49.7 Å². The van der Waals surface area contributed by atoms with Crippen molar-refractivity contribution in [3.8, 4) is 17.5 Å². The van der Waals surface area contributed by atoms with E-state index in [0.29, 0.717) is 35.5 Å². The Bertz CT molecular complexity index is 1310. The van der Waals surface area contributed by atoms with Gasteiger partial charge in [-0.05, 0) is 25.1 Å². The number of hydrogen-bond acceptors (Lipinski definition) is 9. The van der Waals surface area contributed by atoms with Crippen LogP contribution < -0.4 is 10.6 Å². The van der Waals surface area contributed by atoms with Crippen molar-refractivity contribution in [2.75, 3.05) is 17.7 Å². The monoisotopic (exact) mass is 510 g/mol. The van der Waals surface area contributed by atoms with Crippen molar-refractivity contribution in [3.63, 3.8) is 0 Å². The second-order valence-corrected chi connectivity index (χ2v) is 8.66. The van der Waals surface area contributed by atoms with Gasteiger partial charge in [-0.15, -0.1) is 5.10 Å². The molecule has 186 valence electrons. The summed E-state index contributed by atoms with van der Waals surface area (Å²) in [6.07, 6.45) is 2.33. The van der Waals surface area contributed by atoms with Gasteiger partial charge < -0.3 is 14.8 Å². The normalized spacial score (nSPS) is 19.5. The van der Waals surface area contributed by atoms with E-state index in [0.717, 1.165) is 0 Å².